The van der Waals surface area contributed by atoms with Crippen molar-refractivity contribution in [2.75, 3.05) is 20.1 Å². The van der Waals surface area contributed by atoms with Crippen molar-refractivity contribution in [3.05, 3.63) is 71.9 Å². The summed E-state index contributed by atoms with van der Waals surface area (Å²) in [6.45, 7) is 2.67. The molecular weight excluding hydrogens is 440 g/mol. The lowest BCUT2D eigenvalue weighted by molar-refractivity contribution is -0.144. The van der Waals surface area contributed by atoms with Crippen LogP contribution in [0.15, 0.2) is 60.8 Å². The monoisotopic (exact) mass is 474 g/mol. The van der Waals surface area contributed by atoms with Crippen molar-refractivity contribution in [2.45, 2.75) is 45.1 Å². The van der Waals surface area contributed by atoms with E-state index in [1.165, 1.54) is 0 Å². The van der Waals surface area contributed by atoms with Gasteiger partial charge in [0.05, 0.1) is 5.41 Å². The number of carbonyl (C=O) groups excluding carboxylic acids is 3. The molecule has 7 nitrogen and oxygen atoms in total. The first kappa shape index (κ1) is 24.5. The molecule has 1 aliphatic rings. The molecule has 35 heavy (non-hydrogen) atoms. The number of aromatic nitrogens is 1. The molecule has 1 fully saturated rings. The van der Waals surface area contributed by atoms with Crippen LogP contribution in [0.1, 0.15) is 37.3 Å². The molecule has 2 heterocycles. The maximum Gasteiger partial charge on any atom is 0.245 e. The first-order valence-electron chi connectivity index (χ1n) is 12.3. The Hall–Kier alpha value is -3.61. The van der Waals surface area contributed by atoms with Crippen LogP contribution in [0.25, 0.3) is 10.9 Å². The SMILES string of the molecule is CCC(=O)N[C@H](Cc1c[nH]c2ccccc12)C(=O)N1CCCC(Cc2ccccc2)(C(=O)NC)C1. The maximum absolute atomic E-state index is 13.8. The third-order valence-electron chi connectivity index (χ3n) is 7.04. The molecule has 1 saturated heterocycles. The van der Waals surface area contributed by atoms with Crippen molar-refractivity contribution in [1.82, 2.24) is 20.5 Å². The lowest BCUT2D eigenvalue weighted by atomic mass is 9.74. The number of nitrogens with zero attached hydrogens (tertiary/aromatic N) is 1. The van der Waals surface area contributed by atoms with Crippen LogP contribution in [0, 0.1) is 5.41 Å². The highest BCUT2D eigenvalue weighted by atomic mass is 16.2. The van der Waals surface area contributed by atoms with E-state index in [0.717, 1.165) is 28.5 Å². The number of rotatable bonds is 8. The minimum atomic E-state index is -0.704. The average molecular weight is 475 g/mol. The fourth-order valence-electron chi connectivity index (χ4n) is 5.22. The number of fused-ring (bicyclic) bond motifs is 1. The van der Waals surface area contributed by atoms with Gasteiger partial charge in [-0.2, -0.15) is 0 Å². The lowest BCUT2D eigenvalue weighted by Gasteiger charge is -2.42. The molecule has 0 bridgehead atoms. The fourth-order valence-corrected chi connectivity index (χ4v) is 5.22. The normalized spacial score (nSPS) is 18.7. The Balaban J connectivity index is 1.60. The minimum Gasteiger partial charge on any atom is -0.361 e. The van der Waals surface area contributed by atoms with Gasteiger partial charge in [0.15, 0.2) is 0 Å². The first-order chi connectivity index (χ1) is 17.0. The van der Waals surface area contributed by atoms with E-state index in [0.29, 0.717) is 38.8 Å². The van der Waals surface area contributed by atoms with Crippen LogP contribution in [-0.4, -0.2) is 53.8 Å². The number of likely N-dealkylation sites (tertiary alicyclic amines) is 1. The van der Waals surface area contributed by atoms with E-state index in [1.807, 2.05) is 60.8 Å². The number of amides is 3. The zero-order chi connectivity index (χ0) is 24.8. The summed E-state index contributed by atoms with van der Waals surface area (Å²) in [4.78, 5) is 44.4. The summed E-state index contributed by atoms with van der Waals surface area (Å²) in [5.41, 5.74) is 2.34. The Labute approximate surface area is 206 Å². The van der Waals surface area contributed by atoms with Gasteiger partial charge in [-0.1, -0.05) is 55.5 Å². The molecule has 0 spiro atoms. The van der Waals surface area contributed by atoms with Gasteiger partial charge < -0.3 is 20.5 Å². The molecule has 4 rings (SSSR count). The summed E-state index contributed by atoms with van der Waals surface area (Å²) in [6, 6.07) is 17.2. The summed E-state index contributed by atoms with van der Waals surface area (Å²) in [5, 5.41) is 6.81. The van der Waals surface area contributed by atoms with Gasteiger partial charge in [0, 0.05) is 50.1 Å². The van der Waals surface area contributed by atoms with Crippen LogP contribution in [0.4, 0.5) is 0 Å². The van der Waals surface area contributed by atoms with E-state index < -0.39 is 11.5 Å². The highest BCUT2D eigenvalue weighted by Crippen LogP contribution is 2.35. The van der Waals surface area contributed by atoms with Crippen LogP contribution >= 0.6 is 0 Å². The third-order valence-corrected chi connectivity index (χ3v) is 7.04. The van der Waals surface area contributed by atoms with Gasteiger partial charge >= 0.3 is 0 Å². The molecule has 1 aliphatic heterocycles. The quantitative estimate of drug-likeness (QED) is 0.468. The molecule has 2 aromatic carbocycles. The molecule has 1 aromatic heterocycles. The van der Waals surface area contributed by atoms with E-state index in [9.17, 15) is 14.4 Å². The number of H-pyrrole nitrogens is 1. The number of hydrogen-bond acceptors (Lipinski definition) is 3. The van der Waals surface area contributed by atoms with Gasteiger partial charge in [-0.15, -0.1) is 0 Å². The molecule has 0 saturated carbocycles. The summed E-state index contributed by atoms with van der Waals surface area (Å²) in [7, 11) is 1.65. The number of para-hydroxylation sites is 1. The van der Waals surface area contributed by atoms with Gasteiger partial charge in [0.25, 0.3) is 0 Å². The molecule has 7 heteroatoms. The molecule has 3 amide bonds. The first-order valence-corrected chi connectivity index (χ1v) is 12.3. The van der Waals surface area contributed by atoms with Crippen LogP contribution in [-0.2, 0) is 27.2 Å². The second kappa shape index (κ2) is 10.8. The molecule has 3 N–H and O–H groups in total. The Morgan fingerprint density at radius 2 is 1.83 bits per heavy atom. The number of hydrogen-bond donors (Lipinski definition) is 3. The number of benzene rings is 2. The molecule has 3 aromatic rings. The predicted octanol–water partition coefficient (Wildman–Crippen LogP) is 3.20. The average Bonchev–Trinajstić information content (AvgIpc) is 3.30. The van der Waals surface area contributed by atoms with Crippen molar-refractivity contribution < 1.29 is 14.4 Å². The summed E-state index contributed by atoms with van der Waals surface area (Å²) < 4.78 is 0. The van der Waals surface area contributed by atoms with Gasteiger partial charge in [-0.3, -0.25) is 14.4 Å². The molecule has 184 valence electrons. The summed E-state index contributed by atoms with van der Waals surface area (Å²) >= 11 is 0. The van der Waals surface area contributed by atoms with Gasteiger partial charge in [0.1, 0.15) is 6.04 Å². The summed E-state index contributed by atoms with van der Waals surface area (Å²) in [5.74, 6) is -0.357. The van der Waals surface area contributed by atoms with Crippen LogP contribution in [0.2, 0.25) is 0 Å². The Kier molecular flexibility index (Phi) is 7.54. The maximum atomic E-state index is 13.8. The van der Waals surface area contributed by atoms with Crippen molar-refractivity contribution in [3.63, 3.8) is 0 Å². The number of piperidine rings is 1. The van der Waals surface area contributed by atoms with E-state index in [1.54, 1.807) is 18.9 Å². The Morgan fingerprint density at radius 3 is 2.57 bits per heavy atom. The van der Waals surface area contributed by atoms with Gasteiger partial charge in [-0.25, -0.2) is 0 Å². The molecular formula is C28H34N4O3. The van der Waals surface area contributed by atoms with Crippen molar-refractivity contribution in [3.8, 4) is 0 Å². The molecule has 0 radical (unpaired) electrons. The predicted molar refractivity (Wildman–Crippen MR) is 137 cm³/mol. The number of nitrogens with one attached hydrogen (secondary N) is 3. The van der Waals surface area contributed by atoms with E-state index in [2.05, 4.69) is 15.6 Å². The van der Waals surface area contributed by atoms with E-state index in [-0.39, 0.29) is 17.7 Å². The van der Waals surface area contributed by atoms with Crippen molar-refractivity contribution in [2.24, 2.45) is 5.41 Å². The Bertz CT molecular complexity index is 1190. The van der Waals surface area contributed by atoms with E-state index >= 15 is 0 Å². The highest BCUT2D eigenvalue weighted by Gasteiger charge is 2.44. The molecule has 1 unspecified atom stereocenters. The second-order valence-corrected chi connectivity index (χ2v) is 9.42. The van der Waals surface area contributed by atoms with Crippen LogP contribution in [0.3, 0.4) is 0 Å². The van der Waals surface area contributed by atoms with Gasteiger partial charge in [0.2, 0.25) is 17.7 Å². The highest BCUT2D eigenvalue weighted by molar-refractivity contribution is 5.90. The molecule has 0 aliphatic carbocycles. The topological polar surface area (TPSA) is 94.3 Å². The Morgan fingerprint density at radius 1 is 1.09 bits per heavy atom. The zero-order valence-electron chi connectivity index (χ0n) is 20.5. The molecule has 2 atom stereocenters. The lowest BCUT2D eigenvalue weighted by Crippen LogP contribution is -2.58. The van der Waals surface area contributed by atoms with Crippen molar-refractivity contribution in [1.29, 1.82) is 0 Å². The van der Waals surface area contributed by atoms with Crippen LogP contribution < -0.4 is 10.6 Å². The standard InChI is InChI=1S/C28H34N4O3/c1-3-25(33)31-24(16-21-18-30-23-13-8-7-12-22(21)23)26(34)32-15-9-14-28(19-32,27(35)29-2)17-20-10-5-4-6-11-20/h4-8,10-13,18,24,30H,3,9,14-17,19H2,1-2H3,(H,29,35)(H,31,33)/t24-,28?/m1/s1. The number of carbonyl (C=O) groups is 3. The van der Waals surface area contributed by atoms with Gasteiger partial charge in [-0.05, 0) is 36.5 Å². The second-order valence-electron chi connectivity index (χ2n) is 9.42. The minimum absolute atomic E-state index is 0.0513. The number of aromatic amines is 1. The van der Waals surface area contributed by atoms with Crippen LogP contribution in [0.5, 0.6) is 0 Å². The third kappa shape index (κ3) is 5.39. The largest absolute Gasteiger partial charge is 0.361 e. The smallest absolute Gasteiger partial charge is 0.245 e. The zero-order valence-corrected chi connectivity index (χ0v) is 20.5. The summed E-state index contributed by atoms with van der Waals surface area (Å²) in [6.07, 6.45) is 4.59. The fraction of sp³-hybridized carbons (Fsp3) is 0.393. The van der Waals surface area contributed by atoms with Crippen molar-refractivity contribution >= 4 is 28.6 Å². The van der Waals surface area contributed by atoms with E-state index in [4.69, 9.17) is 0 Å².